The molecule has 4 rings (SSSR count). The molecule has 3 heterocycles. The minimum absolute atomic E-state index is 0.255. The molecule has 1 unspecified atom stereocenters. The average molecular weight is 407 g/mol. The van der Waals surface area contributed by atoms with Gasteiger partial charge >= 0.3 is 5.69 Å². The number of aromatic nitrogens is 5. The molecule has 1 aromatic carbocycles. The minimum Gasteiger partial charge on any atom is -0.298 e. The monoisotopic (exact) mass is 407 g/mol. The van der Waals surface area contributed by atoms with Crippen LogP contribution in [0.15, 0.2) is 27.8 Å². The van der Waals surface area contributed by atoms with Gasteiger partial charge in [-0.15, -0.1) is 0 Å². The van der Waals surface area contributed by atoms with Gasteiger partial charge in [0.2, 0.25) is 5.78 Å². The Morgan fingerprint density at radius 2 is 1.73 bits per heavy atom. The zero-order valence-electron chi connectivity index (χ0n) is 18.3. The molecule has 8 heteroatoms. The quantitative estimate of drug-likeness (QED) is 0.522. The molecule has 156 valence electrons. The maximum absolute atomic E-state index is 13.4. The second-order valence-corrected chi connectivity index (χ2v) is 8.02. The van der Waals surface area contributed by atoms with E-state index in [-0.39, 0.29) is 5.78 Å². The highest BCUT2D eigenvalue weighted by Crippen LogP contribution is 2.26. The molecular formula is C22H25N5O3. The van der Waals surface area contributed by atoms with Crippen molar-refractivity contribution in [3.63, 3.8) is 0 Å². The number of rotatable bonds is 3. The fourth-order valence-corrected chi connectivity index (χ4v) is 4.09. The molecule has 0 spiro atoms. The van der Waals surface area contributed by atoms with Gasteiger partial charge < -0.3 is 0 Å². The van der Waals surface area contributed by atoms with E-state index < -0.39 is 17.3 Å². The summed E-state index contributed by atoms with van der Waals surface area (Å²) in [7, 11) is 1.57. The summed E-state index contributed by atoms with van der Waals surface area (Å²) in [5.74, 6) is 0.308. The first-order chi connectivity index (χ1) is 14.1. The van der Waals surface area contributed by atoms with E-state index in [0.717, 1.165) is 32.8 Å². The van der Waals surface area contributed by atoms with E-state index in [4.69, 9.17) is 4.98 Å². The van der Waals surface area contributed by atoms with Crippen LogP contribution in [0, 0.1) is 27.7 Å². The van der Waals surface area contributed by atoms with Crippen LogP contribution in [-0.2, 0) is 11.8 Å². The van der Waals surface area contributed by atoms with Crippen molar-refractivity contribution in [1.29, 1.82) is 0 Å². The number of hydrogen-bond donors (Lipinski definition) is 0. The van der Waals surface area contributed by atoms with Crippen molar-refractivity contribution in [2.75, 3.05) is 0 Å². The summed E-state index contributed by atoms with van der Waals surface area (Å²) in [5.41, 5.74) is 4.54. The number of Topliss-reactive ketones (excluding diaryl/α,β-unsaturated/α-hetero) is 1. The predicted molar refractivity (Wildman–Crippen MR) is 116 cm³/mol. The zero-order chi connectivity index (χ0) is 22.1. The number of imidazole rings is 2. The SMILES string of the molecule is CC(=O)C(C)n1c(=O)c2c(nc3n(-c4ccc(C)cc4C)c(C)c(C)n23)n(C)c1=O. The Hall–Kier alpha value is -3.42. The molecule has 0 bridgehead atoms. The lowest BCUT2D eigenvalue weighted by molar-refractivity contribution is -0.119. The third-order valence-corrected chi connectivity index (χ3v) is 6.04. The van der Waals surface area contributed by atoms with Gasteiger partial charge in [-0.05, 0) is 53.2 Å². The van der Waals surface area contributed by atoms with Crippen LogP contribution in [-0.4, -0.2) is 28.9 Å². The van der Waals surface area contributed by atoms with Crippen LogP contribution in [0.5, 0.6) is 0 Å². The van der Waals surface area contributed by atoms with Crippen molar-refractivity contribution >= 4 is 22.7 Å². The van der Waals surface area contributed by atoms with Crippen LogP contribution < -0.4 is 11.2 Å². The standard InChI is InChI=1S/C22H25N5O3/c1-11-8-9-17(12(2)10-11)25-13(3)14(4)26-18-19(23-21(25)26)24(7)22(30)27(20(18)29)15(5)16(6)28/h8-10,15H,1-7H3. The van der Waals surface area contributed by atoms with E-state index in [0.29, 0.717) is 16.9 Å². The lowest BCUT2D eigenvalue weighted by Crippen LogP contribution is -2.42. The van der Waals surface area contributed by atoms with Gasteiger partial charge in [-0.1, -0.05) is 17.7 Å². The minimum atomic E-state index is -0.853. The lowest BCUT2D eigenvalue weighted by atomic mass is 10.1. The first kappa shape index (κ1) is 19.9. The smallest absolute Gasteiger partial charge is 0.298 e. The summed E-state index contributed by atoms with van der Waals surface area (Å²) in [6.07, 6.45) is 0. The number of nitrogens with zero attached hydrogens (tertiary/aromatic N) is 5. The molecule has 4 aromatic rings. The molecule has 0 aliphatic heterocycles. The van der Waals surface area contributed by atoms with Gasteiger partial charge in [-0.25, -0.2) is 9.36 Å². The van der Waals surface area contributed by atoms with Crippen molar-refractivity contribution in [2.24, 2.45) is 7.05 Å². The summed E-state index contributed by atoms with van der Waals surface area (Å²) in [6.45, 7) is 10.9. The maximum atomic E-state index is 13.4. The molecule has 0 radical (unpaired) electrons. The van der Waals surface area contributed by atoms with E-state index in [9.17, 15) is 14.4 Å². The molecule has 1 atom stereocenters. The predicted octanol–water partition coefficient (Wildman–Crippen LogP) is 2.52. The fourth-order valence-electron chi connectivity index (χ4n) is 4.09. The van der Waals surface area contributed by atoms with E-state index in [1.54, 1.807) is 18.4 Å². The molecular weight excluding hydrogens is 382 g/mol. The Balaban J connectivity index is 2.21. The highest BCUT2D eigenvalue weighted by Gasteiger charge is 2.26. The van der Waals surface area contributed by atoms with E-state index in [2.05, 4.69) is 6.07 Å². The first-order valence-corrected chi connectivity index (χ1v) is 9.86. The van der Waals surface area contributed by atoms with E-state index >= 15 is 0 Å². The highest BCUT2D eigenvalue weighted by molar-refractivity contribution is 5.81. The van der Waals surface area contributed by atoms with Crippen molar-refractivity contribution in [3.05, 3.63) is 61.6 Å². The number of benzene rings is 1. The summed E-state index contributed by atoms with van der Waals surface area (Å²) >= 11 is 0. The second kappa shape index (κ2) is 6.55. The Morgan fingerprint density at radius 1 is 1.07 bits per heavy atom. The number of hydrogen-bond acceptors (Lipinski definition) is 4. The topological polar surface area (TPSA) is 83.3 Å². The lowest BCUT2D eigenvalue weighted by Gasteiger charge is -2.13. The summed E-state index contributed by atoms with van der Waals surface area (Å²) < 4.78 is 6.15. The van der Waals surface area contributed by atoms with Crippen LogP contribution >= 0.6 is 0 Å². The second-order valence-electron chi connectivity index (χ2n) is 8.02. The Bertz CT molecular complexity index is 1480. The van der Waals surface area contributed by atoms with Gasteiger partial charge in [0.15, 0.2) is 16.9 Å². The van der Waals surface area contributed by atoms with Crippen LogP contribution in [0.25, 0.3) is 22.6 Å². The molecule has 0 aliphatic rings. The Kier molecular flexibility index (Phi) is 4.34. The van der Waals surface area contributed by atoms with Crippen LogP contribution in [0.1, 0.15) is 42.4 Å². The van der Waals surface area contributed by atoms with Gasteiger partial charge in [0.1, 0.15) is 0 Å². The molecule has 0 amide bonds. The van der Waals surface area contributed by atoms with Crippen LogP contribution in [0.3, 0.4) is 0 Å². The third kappa shape index (κ3) is 2.52. The molecule has 3 aromatic heterocycles. The van der Waals surface area contributed by atoms with Gasteiger partial charge in [-0.3, -0.25) is 23.1 Å². The Labute approximate surface area is 173 Å². The number of carbonyl (C=O) groups is 1. The van der Waals surface area contributed by atoms with Gasteiger partial charge in [-0.2, -0.15) is 4.98 Å². The van der Waals surface area contributed by atoms with Crippen molar-refractivity contribution in [2.45, 2.75) is 47.6 Å². The maximum Gasteiger partial charge on any atom is 0.333 e. The molecule has 0 saturated heterocycles. The largest absolute Gasteiger partial charge is 0.333 e. The van der Waals surface area contributed by atoms with Crippen molar-refractivity contribution < 1.29 is 4.79 Å². The highest BCUT2D eigenvalue weighted by atomic mass is 16.2. The molecule has 0 saturated carbocycles. The third-order valence-electron chi connectivity index (χ3n) is 6.04. The van der Waals surface area contributed by atoms with Gasteiger partial charge in [0, 0.05) is 18.4 Å². The van der Waals surface area contributed by atoms with Crippen LogP contribution in [0.2, 0.25) is 0 Å². The molecule has 0 N–H and O–H groups in total. The van der Waals surface area contributed by atoms with Crippen molar-refractivity contribution in [1.82, 2.24) is 23.1 Å². The first-order valence-electron chi connectivity index (χ1n) is 9.86. The average Bonchev–Trinajstić information content (AvgIpc) is 3.17. The number of carbonyl (C=O) groups excluding carboxylic acids is 1. The summed E-state index contributed by atoms with van der Waals surface area (Å²) in [6, 6.07) is 5.31. The number of ketones is 1. The normalized spacial score (nSPS) is 12.8. The molecule has 0 aliphatic carbocycles. The number of aryl methyl sites for hydroxylation is 4. The van der Waals surface area contributed by atoms with Gasteiger partial charge in [0.05, 0.1) is 11.7 Å². The molecule has 0 fully saturated rings. The molecule has 8 nitrogen and oxygen atoms in total. The Morgan fingerprint density at radius 3 is 2.33 bits per heavy atom. The fraction of sp³-hybridized carbons (Fsp3) is 0.364. The van der Waals surface area contributed by atoms with Crippen LogP contribution in [0.4, 0.5) is 0 Å². The van der Waals surface area contributed by atoms with E-state index in [1.807, 2.05) is 44.4 Å². The van der Waals surface area contributed by atoms with Gasteiger partial charge in [0.25, 0.3) is 5.56 Å². The number of fused-ring (bicyclic) bond motifs is 3. The summed E-state index contributed by atoms with van der Waals surface area (Å²) in [5, 5.41) is 0. The zero-order valence-corrected chi connectivity index (χ0v) is 18.3. The van der Waals surface area contributed by atoms with Crippen molar-refractivity contribution in [3.8, 4) is 5.69 Å². The summed E-state index contributed by atoms with van der Waals surface area (Å²) in [4.78, 5) is 42.9. The molecule has 30 heavy (non-hydrogen) atoms. The van der Waals surface area contributed by atoms with E-state index in [1.165, 1.54) is 11.5 Å².